The molecular weight excluding hydrogens is 352 g/mol. The van der Waals surface area contributed by atoms with Crippen molar-refractivity contribution in [2.24, 2.45) is 34.5 Å². The van der Waals surface area contributed by atoms with Crippen LogP contribution in [0.2, 0.25) is 0 Å². The van der Waals surface area contributed by atoms with Crippen molar-refractivity contribution in [3.63, 3.8) is 0 Å². The van der Waals surface area contributed by atoms with Crippen LogP contribution >= 0.6 is 0 Å². The third-order valence-electron chi connectivity index (χ3n) is 9.51. The van der Waals surface area contributed by atoms with Crippen LogP contribution in [0.5, 0.6) is 0 Å². The number of fused-ring (bicyclic) bond motifs is 5. The molecule has 4 aliphatic carbocycles. The number of ether oxygens (including phenoxy) is 1. The predicted molar refractivity (Wildman–Crippen MR) is 107 cm³/mol. The molecule has 0 bridgehead atoms. The van der Waals surface area contributed by atoms with Gasteiger partial charge in [-0.2, -0.15) is 0 Å². The van der Waals surface area contributed by atoms with E-state index in [1.807, 2.05) is 0 Å². The van der Waals surface area contributed by atoms with Crippen LogP contribution in [0.3, 0.4) is 0 Å². The molecule has 0 spiro atoms. The van der Waals surface area contributed by atoms with Crippen LogP contribution in [0.15, 0.2) is 11.6 Å². The lowest BCUT2D eigenvalue weighted by Gasteiger charge is -2.58. The molecular formula is C24H36O4. The van der Waals surface area contributed by atoms with E-state index in [9.17, 15) is 14.7 Å². The first-order valence-corrected chi connectivity index (χ1v) is 11.1. The summed E-state index contributed by atoms with van der Waals surface area (Å²) in [4.78, 5) is 23.9. The quantitative estimate of drug-likeness (QED) is 0.561. The second-order valence-electron chi connectivity index (χ2n) is 10.6. The molecule has 0 amide bonds. The summed E-state index contributed by atoms with van der Waals surface area (Å²) in [7, 11) is 0. The summed E-state index contributed by atoms with van der Waals surface area (Å²) in [6, 6.07) is 0. The van der Waals surface area contributed by atoms with Gasteiger partial charge in [0.25, 0.3) is 0 Å². The first kappa shape index (κ1) is 20.1. The number of hydrogen-bond donors (Lipinski definition) is 1. The maximum atomic E-state index is 12.5. The Morgan fingerprint density at radius 1 is 1.14 bits per heavy atom. The summed E-state index contributed by atoms with van der Waals surface area (Å²) in [6.07, 6.45) is 9.29. The van der Waals surface area contributed by atoms with Gasteiger partial charge in [-0.15, -0.1) is 0 Å². The molecule has 0 aromatic heterocycles. The number of aliphatic hydroxyl groups is 1. The number of hydrogen-bond acceptors (Lipinski definition) is 4. The summed E-state index contributed by atoms with van der Waals surface area (Å²) in [5, 5.41) is 11.5. The Hall–Kier alpha value is -1.16. The second-order valence-corrected chi connectivity index (χ2v) is 10.6. The molecule has 8 atom stereocenters. The molecule has 3 fully saturated rings. The van der Waals surface area contributed by atoms with Crippen LogP contribution in [0.4, 0.5) is 0 Å². The molecule has 4 heteroatoms. The molecule has 3 saturated carbocycles. The highest BCUT2D eigenvalue weighted by Gasteiger charge is 2.67. The molecule has 0 radical (unpaired) electrons. The molecule has 156 valence electrons. The van der Waals surface area contributed by atoms with E-state index in [4.69, 9.17) is 4.74 Å². The third-order valence-corrected chi connectivity index (χ3v) is 9.51. The first-order chi connectivity index (χ1) is 13.0. The van der Waals surface area contributed by atoms with Crippen molar-refractivity contribution >= 4 is 11.8 Å². The van der Waals surface area contributed by atoms with Crippen LogP contribution < -0.4 is 0 Å². The maximum absolute atomic E-state index is 12.5. The van der Waals surface area contributed by atoms with E-state index in [1.54, 1.807) is 6.92 Å². The van der Waals surface area contributed by atoms with Gasteiger partial charge in [-0.05, 0) is 74.5 Å². The van der Waals surface area contributed by atoms with Gasteiger partial charge in [-0.25, -0.2) is 0 Å². The van der Waals surface area contributed by atoms with Gasteiger partial charge >= 0.3 is 5.97 Å². The van der Waals surface area contributed by atoms with E-state index in [1.165, 1.54) is 12.5 Å². The molecule has 28 heavy (non-hydrogen) atoms. The molecule has 4 aliphatic rings. The SMILES string of the molecule is CC(=O)O[C@@H]1CC[C@]2(C)C(=CC[C@H]3[C@H]4C[C@@H](C)[C@](O)(C(C)=O)[C@@]4(C)CC[C@@H]32)C1. The Kier molecular flexibility index (Phi) is 4.61. The van der Waals surface area contributed by atoms with Gasteiger partial charge in [0.05, 0.1) is 0 Å². The molecule has 4 rings (SSSR count). The number of Topliss-reactive ketones (excluding diaryl/α,β-unsaturated/α-hetero) is 1. The van der Waals surface area contributed by atoms with Crippen LogP contribution in [-0.2, 0) is 14.3 Å². The van der Waals surface area contributed by atoms with Crippen molar-refractivity contribution in [2.75, 3.05) is 0 Å². The van der Waals surface area contributed by atoms with E-state index in [2.05, 4.69) is 26.8 Å². The minimum atomic E-state index is -1.18. The number of allylic oxidation sites excluding steroid dienone is 1. The Morgan fingerprint density at radius 2 is 1.86 bits per heavy atom. The van der Waals surface area contributed by atoms with E-state index in [0.717, 1.165) is 44.9 Å². The van der Waals surface area contributed by atoms with Gasteiger partial charge in [0.15, 0.2) is 5.78 Å². The molecule has 0 aromatic rings. The lowest BCUT2D eigenvalue weighted by molar-refractivity contribution is -0.165. The lowest BCUT2D eigenvalue weighted by Crippen LogP contribution is -2.58. The van der Waals surface area contributed by atoms with Gasteiger partial charge in [-0.1, -0.05) is 32.4 Å². The predicted octanol–water partition coefficient (Wildman–Crippen LogP) is 4.45. The Bertz CT molecular complexity index is 726. The van der Waals surface area contributed by atoms with E-state index in [-0.39, 0.29) is 34.6 Å². The number of carbonyl (C=O) groups excluding carboxylic acids is 2. The van der Waals surface area contributed by atoms with Crippen LogP contribution in [0.25, 0.3) is 0 Å². The first-order valence-electron chi connectivity index (χ1n) is 11.1. The van der Waals surface area contributed by atoms with Crippen molar-refractivity contribution in [2.45, 2.75) is 91.3 Å². The topological polar surface area (TPSA) is 63.6 Å². The number of rotatable bonds is 2. The molecule has 0 unspecified atom stereocenters. The number of esters is 1. The highest BCUT2D eigenvalue weighted by Crippen LogP contribution is 2.68. The minimum Gasteiger partial charge on any atom is -0.462 e. The van der Waals surface area contributed by atoms with Crippen molar-refractivity contribution in [1.82, 2.24) is 0 Å². The fourth-order valence-corrected chi connectivity index (χ4v) is 8.05. The second kappa shape index (κ2) is 6.42. The van der Waals surface area contributed by atoms with Gasteiger partial charge in [0, 0.05) is 18.8 Å². The summed E-state index contributed by atoms with van der Waals surface area (Å²) in [6.45, 7) is 9.73. The van der Waals surface area contributed by atoms with Gasteiger partial charge in [-0.3, -0.25) is 9.59 Å². The summed E-state index contributed by atoms with van der Waals surface area (Å²) in [5.74, 6) is 1.33. The normalized spacial score (nSPS) is 50.1. The average Bonchev–Trinajstić information content (AvgIpc) is 2.83. The Balaban J connectivity index is 1.64. The highest BCUT2D eigenvalue weighted by atomic mass is 16.5. The molecule has 0 saturated heterocycles. The van der Waals surface area contributed by atoms with Crippen molar-refractivity contribution in [3.8, 4) is 0 Å². The summed E-state index contributed by atoms with van der Waals surface area (Å²) in [5.41, 5.74) is 0.153. The molecule has 0 heterocycles. The minimum absolute atomic E-state index is 0.0246. The number of ketones is 1. The fourth-order valence-electron chi connectivity index (χ4n) is 8.05. The van der Waals surface area contributed by atoms with E-state index < -0.39 is 5.60 Å². The largest absolute Gasteiger partial charge is 0.462 e. The summed E-state index contributed by atoms with van der Waals surface area (Å²) >= 11 is 0. The van der Waals surface area contributed by atoms with Gasteiger partial charge in [0.1, 0.15) is 11.7 Å². The van der Waals surface area contributed by atoms with Crippen LogP contribution in [-0.4, -0.2) is 28.6 Å². The van der Waals surface area contributed by atoms with E-state index >= 15 is 0 Å². The molecule has 1 N–H and O–H groups in total. The third kappa shape index (κ3) is 2.52. The van der Waals surface area contributed by atoms with Crippen molar-refractivity contribution in [3.05, 3.63) is 11.6 Å². The highest BCUT2D eigenvalue weighted by molar-refractivity contribution is 5.86. The van der Waals surface area contributed by atoms with Crippen molar-refractivity contribution < 1.29 is 19.4 Å². The van der Waals surface area contributed by atoms with Crippen LogP contribution in [0, 0.1) is 34.5 Å². The molecule has 0 aliphatic heterocycles. The Morgan fingerprint density at radius 3 is 2.50 bits per heavy atom. The fraction of sp³-hybridized carbons (Fsp3) is 0.833. The van der Waals surface area contributed by atoms with Gasteiger partial charge in [0.2, 0.25) is 0 Å². The summed E-state index contributed by atoms with van der Waals surface area (Å²) < 4.78 is 5.52. The zero-order valence-electron chi connectivity index (χ0n) is 18.1. The smallest absolute Gasteiger partial charge is 0.302 e. The average molecular weight is 389 g/mol. The Labute approximate surface area is 169 Å². The maximum Gasteiger partial charge on any atom is 0.302 e. The van der Waals surface area contributed by atoms with Crippen molar-refractivity contribution in [1.29, 1.82) is 0 Å². The molecule has 4 nitrogen and oxygen atoms in total. The van der Waals surface area contributed by atoms with E-state index in [0.29, 0.717) is 17.8 Å². The zero-order valence-corrected chi connectivity index (χ0v) is 18.1. The lowest BCUT2D eigenvalue weighted by atomic mass is 9.46. The monoisotopic (exact) mass is 388 g/mol. The van der Waals surface area contributed by atoms with Gasteiger partial charge < -0.3 is 9.84 Å². The zero-order chi connectivity index (χ0) is 20.5. The van der Waals surface area contributed by atoms with Crippen LogP contribution in [0.1, 0.15) is 79.6 Å². The number of carbonyl (C=O) groups is 2. The standard InChI is InChI=1S/C24H36O4/c1-14-12-21-19-7-6-17-13-18(28-16(3)26)8-10-22(17,4)20(19)9-11-23(21,5)24(14,27)15(2)25/h6,14,18-21,27H,7-13H2,1-5H3/t14-,18-,19-,20+,21-,22-,23+,24+/m1/s1. The molecule has 0 aromatic carbocycles.